The number of carbonyl (C=O) groups is 1. The van der Waals surface area contributed by atoms with Crippen molar-refractivity contribution in [3.63, 3.8) is 0 Å². The number of aromatic nitrogens is 2. The number of esters is 1. The number of ether oxygens (including phenoxy) is 1. The first-order chi connectivity index (χ1) is 11.9. The highest BCUT2D eigenvalue weighted by atomic mass is 32.2. The summed E-state index contributed by atoms with van der Waals surface area (Å²) in [5, 5.41) is 4.52. The number of aryl methyl sites for hydroxylation is 1. The van der Waals surface area contributed by atoms with Gasteiger partial charge in [-0.1, -0.05) is 0 Å². The second-order valence-corrected chi connectivity index (χ2v) is 9.72. The third-order valence-electron chi connectivity index (χ3n) is 4.72. The van der Waals surface area contributed by atoms with Crippen molar-refractivity contribution in [1.29, 1.82) is 0 Å². The SMILES string of the molecule is Cn1nc2c(c1OS(C)(=O)=O)C[C@@H]1CCC[C@H]2N1CC(=O)OC(C)(C)C. The van der Waals surface area contributed by atoms with Gasteiger partial charge in [-0.15, -0.1) is 0 Å². The third kappa shape index (κ3) is 4.03. The smallest absolute Gasteiger partial charge is 0.320 e. The minimum atomic E-state index is -3.63. The standard InChI is InChI=1S/C17H27N3O5S/c1-17(2,3)24-14(21)10-20-11-7-6-8-13(20)15-12(9-11)16(19(4)18-15)25-26(5,22)23/h11,13H,6-10H2,1-5H3/t11-,13+/m0/s1. The number of carbonyl (C=O) groups excluding carboxylic acids is 1. The molecule has 1 saturated heterocycles. The van der Waals surface area contributed by atoms with E-state index in [9.17, 15) is 13.2 Å². The second-order valence-electron chi connectivity index (χ2n) is 8.14. The second kappa shape index (κ2) is 6.53. The number of hydrogen-bond acceptors (Lipinski definition) is 7. The Hall–Kier alpha value is -1.61. The van der Waals surface area contributed by atoms with Gasteiger partial charge in [-0.05, 0) is 46.5 Å². The first-order valence-electron chi connectivity index (χ1n) is 8.87. The molecule has 0 aliphatic carbocycles. The third-order valence-corrected chi connectivity index (χ3v) is 5.18. The van der Waals surface area contributed by atoms with Crippen LogP contribution in [0.25, 0.3) is 0 Å². The van der Waals surface area contributed by atoms with Crippen LogP contribution in [0.1, 0.15) is 57.3 Å². The van der Waals surface area contributed by atoms with E-state index in [0.29, 0.717) is 6.42 Å². The Morgan fingerprint density at radius 3 is 2.62 bits per heavy atom. The first-order valence-corrected chi connectivity index (χ1v) is 10.7. The summed E-state index contributed by atoms with van der Waals surface area (Å²) >= 11 is 0. The summed E-state index contributed by atoms with van der Waals surface area (Å²) in [7, 11) is -1.95. The number of hydrogen-bond donors (Lipinski definition) is 0. The minimum Gasteiger partial charge on any atom is -0.459 e. The number of piperidine rings is 1. The largest absolute Gasteiger partial charge is 0.459 e. The highest BCUT2D eigenvalue weighted by Crippen LogP contribution is 2.44. The van der Waals surface area contributed by atoms with Crippen molar-refractivity contribution in [3.05, 3.63) is 11.3 Å². The Kier molecular flexibility index (Phi) is 4.81. The summed E-state index contributed by atoms with van der Waals surface area (Å²) < 4.78 is 35.3. The lowest BCUT2D eigenvalue weighted by Gasteiger charge is -2.44. The van der Waals surface area contributed by atoms with Crippen molar-refractivity contribution in [2.45, 2.75) is 64.1 Å². The van der Waals surface area contributed by atoms with Crippen LogP contribution in [0.2, 0.25) is 0 Å². The Labute approximate surface area is 154 Å². The summed E-state index contributed by atoms with van der Waals surface area (Å²) in [5.41, 5.74) is 1.13. The highest BCUT2D eigenvalue weighted by molar-refractivity contribution is 7.86. The average molecular weight is 385 g/mol. The number of fused-ring (bicyclic) bond motifs is 4. The summed E-state index contributed by atoms with van der Waals surface area (Å²) in [6.45, 7) is 5.78. The first kappa shape index (κ1) is 19.2. The summed E-state index contributed by atoms with van der Waals surface area (Å²) in [5.74, 6) is 0.0395. The monoisotopic (exact) mass is 385 g/mol. The fourth-order valence-corrected chi connectivity index (χ4v) is 4.42. The molecule has 0 aromatic carbocycles. The zero-order valence-electron chi connectivity index (χ0n) is 16.0. The molecule has 26 heavy (non-hydrogen) atoms. The Morgan fingerprint density at radius 1 is 1.31 bits per heavy atom. The minimum absolute atomic E-state index is 0.0203. The molecule has 146 valence electrons. The molecule has 0 spiro atoms. The van der Waals surface area contributed by atoms with Gasteiger partial charge in [0, 0.05) is 18.7 Å². The van der Waals surface area contributed by atoms with Gasteiger partial charge in [-0.3, -0.25) is 9.69 Å². The van der Waals surface area contributed by atoms with Crippen LogP contribution in [-0.4, -0.2) is 53.5 Å². The molecule has 1 fully saturated rings. The fourth-order valence-electron chi connectivity index (χ4n) is 3.92. The van der Waals surface area contributed by atoms with Gasteiger partial charge in [0.2, 0.25) is 5.88 Å². The van der Waals surface area contributed by atoms with Gasteiger partial charge in [0.15, 0.2) is 0 Å². The highest BCUT2D eigenvalue weighted by Gasteiger charge is 2.42. The van der Waals surface area contributed by atoms with Crippen molar-refractivity contribution in [2.24, 2.45) is 7.05 Å². The molecule has 0 saturated carbocycles. The molecule has 3 heterocycles. The van der Waals surface area contributed by atoms with Gasteiger partial charge < -0.3 is 8.92 Å². The summed E-state index contributed by atoms with van der Waals surface area (Å²) in [6, 6.07) is 0.132. The van der Waals surface area contributed by atoms with Crippen LogP contribution >= 0.6 is 0 Å². The predicted molar refractivity (Wildman–Crippen MR) is 95.3 cm³/mol. The topological polar surface area (TPSA) is 90.7 Å². The molecular formula is C17H27N3O5S. The van der Waals surface area contributed by atoms with Gasteiger partial charge in [-0.2, -0.15) is 13.5 Å². The van der Waals surface area contributed by atoms with Crippen molar-refractivity contribution >= 4 is 16.1 Å². The van der Waals surface area contributed by atoms with Crippen LogP contribution in [0.4, 0.5) is 0 Å². The molecule has 0 unspecified atom stereocenters. The Morgan fingerprint density at radius 2 is 2.00 bits per heavy atom. The predicted octanol–water partition coefficient (Wildman–Crippen LogP) is 1.55. The lowest BCUT2D eigenvalue weighted by atomic mass is 9.83. The average Bonchev–Trinajstić information content (AvgIpc) is 2.72. The van der Waals surface area contributed by atoms with Crippen LogP contribution in [0, 0.1) is 0 Å². The molecule has 1 aromatic heterocycles. The molecule has 2 aliphatic heterocycles. The van der Waals surface area contributed by atoms with E-state index in [-0.39, 0.29) is 30.5 Å². The molecule has 0 N–H and O–H groups in total. The van der Waals surface area contributed by atoms with E-state index < -0.39 is 15.7 Å². The molecule has 0 amide bonds. The van der Waals surface area contributed by atoms with Gasteiger partial charge in [0.05, 0.1) is 24.5 Å². The number of nitrogens with zero attached hydrogens (tertiary/aromatic N) is 3. The maximum atomic E-state index is 12.3. The molecule has 1 aromatic rings. The normalized spacial score (nSPS) is 23.4. The molecule has 2 atom stereocenters. The maximum Gasteiger partial charge on any atom is 0.320 e. The Bertz CT molecular complexity index is 809. The van der Waals surface area contributed by atoms with Crippen LogP contribution in [0.3, 0.4) is 0 Å². The van der Waals surface area contributed by atoms with Crippen molar-refractivity contribution in [3.8, 4) is 5.88 Å². The number of rotatable bonds is 4. The van der Waals surface area contributed by atoms with E-state index in [4.69, 9.17) is 8.92 Å². The molecular weight excluding hydrogens is 358 g/mol. The Balaban J connectivity index is 1.88. The van der Waals surface area contributed by atoms with Crippen LogP contribution in [0.5, 0.6) is 5.88 Å². The van der Waals surface area contributed by atoms with Crippen LogP contribution < -0.4 is 4.18 Å². The van der Waals surface area contributed by atoms with Gasteiger partial charge in [-0.25, -0.2) is 4.68 Å². The molecule has 3 rings (SSSR count). The van der Waals surface area contributed by atoms with Crippen molar-refractivity contribution < 1.29 is 22.1 Å². The molecule has 2 bridgehead atoms. The van der Waals surface area contributed by atoms with E-state index in [2.05, 4.69) is 10.00 Å². The summed E-state index contributed by atoms with van der Waals surface area (Å²) in [6.07, 6.45) is 4.53. The van der Waals surface area contributed by atoms with Crippen molar-refractivity contribution in [2.75, 3.05) is 12.8 Å². The van der Waals surface area contributed by atoms with Gasteiger partial charge in [0.1, 0.15) is 5.60 Å². The lowest BCUT2D eigenvalue weighted by Crippen LogP contribution is -2.49. The van der Waals surface area contributed by atoms with E-state index in [1.807, 2.05) is 20.8 Å². The maximum absolute atomic E-state index is 12.3. The van der Waals surface area contributed by atoms with E-state index in [1.165, 1.54) is 4.68 Å². The quantitative estimate of drug-likeness (QED) is 0.574. The molecule has 2 aliphatic rings. The molecule has 9 heteroatoms. The lowest BCUT2D eigenvalue weighted by molar-refractivity contribution is -0.158. The zero-order chi connectivity index (χ0) is 19.3. The zero-order valence-corrected chi connectivity index (χ0v) is 16.8. The van der Waals surface area contributed by atoms with Gasteiger partial charge in [0.25, 0.3) is 0 Å². The van der Waals surface area contributed by atoms with E-state index in [1.54, 1.807) is 7.05 Å². The molecule has 0 radical (unpaired) electrons. The van der Waals surface area contributed by atoms with E-state index >= 15 is 0 Å². The van der Waals surface area contributed by atoms with E-state index in [0.717, 1.165) is 36.8 Å². The van der Waals surface area contributed by atoms with Gasteiger partial charge >= 0.3 is 16.1 Å². The summed E-state index contributed by atoms with van der Waals surface area (Å²) in [4.78, 5) is 14.5. The van der Waals surface area contributed by atoms with Crippen LogP contribution in [-0.2, 0) is 33.1 Å². The van der Waals surface area contributed by atoms with Crippen molar-refractivity contribution in [1.82, 2.24) is 14.7 Å². The fraction of sp³-hybridized carbons (Fsp3) is 0.765. The molecule has 8 nitrogen and oxygen atoms in total. The van der Waals surface area contributed by atoms with Crippen LogP contribution in [0.15, 0.2) is 0 Å².